The molecule has 3 amide bonds. The Bertz CT molecular complexity index is 1660. The zero-order valence-corrected chi connectivity index (χ0v) is 24.0. The molecule has 2 aromatic carbocycles. The van der Waals surface area contributed by atoms with E-state index in [1.54, 1.807) is 34.1 Å². The Kier molecular flexibility index (Phi) is 7.89. The largest absolute Gasteiger partial charge is 0.383 e. The van der Waals surface area contributed by atoms with Crippen LogP contribution in [-0.2, 0) is 7.05 Å². The summed E-state index contributed by atoms with van der Waals surface area (Å²) < 4.78 is 1.68. The molecule has 43 heavy (non-hydrogen) atoms. The molecule has 11 nitrogen and oxygen atoms in total. The lowest BCUT2D eigenvalue weighted by atomic mass is 10.0. The number of nitrogens with zero attached hydrogens (tertiary/aromatic N) is 5. The van der Waals surface area contributed by atoms with Gasteiger partial charge in [-0.15, -0.1) is 0 Å². The smallest absolute Gasteiger partial charge is 0.255 e. The van der Waals surface area contributed by atoms with Gasteiger partial charge in [-0.05, 0) is 47.9 Å². The number of hydrogen-bond donors (Lipinski definition) is 3. The van der Waals surface area contributed by atoms with Gasteiger partial charge < -0.3 is 26.2 Å². The number of rotatable bonds is 6. The van der Waals surface area contributed by atoms with Crippen LogP contribution in [-0.4, -0.2) is 87.6 Å². The number of benzene rings is 2. The van der Waals surface area contributed by atoms with E-state index in [2.05, 4.69) is 20.7 Å². The molecule has 2 fully saturated rings. The van der Waals surface area contributed by atoms with Gasteiger partial charge in [0.15, 0.2) is 0 Å². The minimum absolute atomic E-state index is 0.0350. The minimum Gasteiger partial charge on any atom is -0.383 e. The fourth-order valence-electron chi connectivity index (χ4n) is 5.58. The van der Waals surface area contributed by atoms with Crippen molar-refractivity contribution in [3.63, 3.8) is 0 Å². The number of nitrogens with one attached hydrogen (secondary N) is 2. The van der Waals surface area contributed by atoms with Crippen LogP contribution in [0.1, 0.15) is 37.5 Å². The SMILES string of the molecule is Cn1cc(-c2cnc(N)c(C(=O)N[C@@H]3CCN(C(=O)c4cccc(-c5ccc(C(=O)N6CCNCC6)cc5)c4)C3)c2)cn1. The molecule has 2 aromatic heterocycles. The Morgan fingerprint density at radius 1 is 0.860 bits per heavy atom. The normalized spacial score (nSPS) is 16.7. The van der Waals surface area contributed by atoms with Crippen LogP contribution >= 0.6 is 0 Å². The minimum atomic E-state index is -0.323. The molecule has 2 aliphatic rings. The fraction of sp³-hybridized carbons (Fsp3) is 0.281. The molecule has 0 aliphatic carbocycles. The zero-order chi connectivity index (χ0) is 29.9. The molecule has 2 aliphatic heterocycles. The summed E-state index contributed by atoms with van der Waals surface area (Å²) in [4.78, 5) is 47.2. The summed E-state index contributed by atoms with van der Waals surface area (Å²) in [6, 6.07) is 16.5. The van der Waals surface area contributed by atoms with Crippen molar-refractivity contribution in [2.24, 2.45) is 7.05 Å². The maximum atomic E-state index is 13.4. The number of piperazine rings is 1. The van der Waals surface area contributed by atoms with Crippen LogP contribution in [0.25, 0.3) is 22.3 Å². The molecule has 4 aromatic rings. The van der Waals surface area contributed by atoms with Crippen LogP contribution in [0.15, 0.2) is 73.2 Å². The number of aryl methyl sites for hydroxylation is 1. The summed E-state index contributed by atoms with van der Waals surface area (Å²) >= 11 is 0. The second-order valence-electron chi connectivity index (χ2n) is 11.0. The van der Waals surface area contributed by atoms with Gasteiger partial charge in [0, 0.05) is 87.0 Å². The molecule has 2 saturated heterocycles. The Labute approximate surface area is 249 Å². The Hall–Kier alpha value is -5.03. The number of aromatic nitrogens is 3. The van der Waals surface area contributed by atoms with E-state index in [0.29, 0.717) is 49.3 Å². The van der Waals surface area contributed by atoms with E-state index in [-0.39, 0.29) is 29.6 Å². The van der Waals surface area contributed by atoms with E-state index in [4.69, 9.17) is 5.73 Å². The average molecular weight is 579 g/mol. The van der Waals surface area contributed by atoms with Crippen molar-refractivity contribution in [2.75, 3.05) is 45.0 Å². The van der Waals surface area contributed by atoms with E-state index in [1.807, 2.05) is 60.6 Å². The van der Waals surface area contributed by atoms with Gasteiger partial charge in [0.05, 0.1) is 11.8 Å². The van der Waals surface area contributed by atoms with Crippen molar-refractivity contribution >= 4 is 23.5 Å². The van der Waals surface area contributed by atoms with Crippen molar-refractivity contribution in [3.05, 3.63) is 89.9 Å². The highest BCUT2D eigenvalue weighted by Crippen LogP contribution is 2.25. The number of likely N-dealkylation sites (tertiary alicyclic amines) is 1. The topological polar surface area (TPSA) is 138 Å². The van der Waals surface area contributed by atoms with Gasteiger partial charge in [0.25, 0.3) is 17.7 Å². The van der Waals surface area contributed by atoms with Crippen molar-refractivity contribution in [2.45, 2.75) is 12.5 Å². The lowest BCUT2D eigenvalue weighted by Gasteiger charge is -2.27. The summed E-state index contributed by atoms with van der Waals surface area (Å²) in [5.41, 5.74) is 11.0. The highest BCUT2D eigenvalue weighted by atomic mass is 16.2. The number of pyridine rings is 1. The first-order valence-corrected chi connectivity index (χ1v) is 14.4. The number of amides is 3. The highest BCUT2D eigenvalue weighted by molar-refractivity contribution is 6.00. The van der Waals surface area contributed by atoms with Gasteiger partial charge >= 0.3 is 0 Å². The molecule has 0 spiro atoms. The molecule has 11 heteroatoms. The number of carbonyl (C=O) groups is 3. The number of carbonyl (C=O) groups excluding carboxylic acids is 3. The summed E-state index contributed by atoms with van der Waals surface area (Å²) in [7, 11) is 1.82. The lowest BCUT2D eigenvalue weighted by molar-refractivity contribution is 0.0735. The van der Waals surface area contributed by atoms with Gasteiger partial charge in [0.1, 0.15) is 5.82 Å². The first kappa shape index (κ1) is 28.1. The Balaban J connectivity index is 1.09. The predicted molar refractivity (Wildman–Crippen MR) is 163 cm³/mol. The molecule has 0 unspecified atom stereocenters. The summed E-state index contributed by atoms with van der Waals surface area (Å²) in [6.45, 7) is 3.95. The van der Waals surface area contributed by atoms with Gasteiger partial charge in [-0.25, -0.2) is 4.98 Å². The third kappa shape index (κ3) is 6.12. The molecule has 0 radical (unpaired) electrons. The Morgan fingerprint density at radius 3 is 2.37 bits per heavy atom. The molecule has 1 atom stereocenters. The van der Waals surface area contributed by atoms with Crippen LogP contribution in [0.5, 0.6) is 0 Å². The van der Waals surface area contributed by atoms with Crippen molar-refractivity contribution < 1.29 is 14.4 Å². The van der Waals surface area contributed by atoms with E-state index in [1.165, 1.54) is 0 Å². The third-order valence-electron chi connectivity index (χ3n) is 7.99. The first-order valence-electron chi connectivity index (χ1n) is 14.4. The molecule has 0 saturated carbocycles. The van der Waals surface area contributed by atoms with Crippen molar-refractivity contribution in [1.82, 2.24) is 35.2 Å². The molecule has 4 N–H and O–H groups in total. The Morgan fingerprint density at radius 2 is 1.63 bits per heavy atom. The predicted octanol–water partition coefficient (Wildman–Crippen LogP) is 2.42. The van der Waals surface area contributed by atoms with Gasteiger partial charge in [0.2, 0.25) is 0 Å². The highest BCUT2D eigenvalue weighted by Gasteiger charge is 2.29. The summed E-state index contributed by atoms with van der Waals surface area (Å²) in [5, 5.41) is 10.5. The second-order valence-corrected chi connectivity index (χ2v) is 11.0. The van der Waals surface area contributed by atoms with Crippen LogP contribution < -0.4 is 16.4 Å². The molecule has 220 valence electrons. The lowest BCUT2D eigenvalue weighted by Crippen LogP contribution is -2.46. The van der Waals surface area contributed by atoms with E-state index in [9.17, 15) is 14.4 Å². The van der Waals surface area contributed by atoms with Gasteiger partial charge in [-0.2, -0.15) is 5.10 Å². The van der Waals surface area contributed by atoms with E-state index in [0.717, 1.165) is 35.3 Å². The van der Waals surface area contributed by atoms with E-state index >= 15 is 0 Å². The van der Waals surface area contributed by atoms with Crippen molar-refractivity contribution in [3.8, 4) is 22.3 Å². The van der Waals surface area contributed by atoms with Crippen LogP contribution in [0.4, 0.5) is 5.82 Å². The third-order valence-corrected chi connectivity index (χ3v) is 7.99. The molecule has 0 bridgehead atoms. The van der Waals surface area contributed by atoms with Crippen LogP contribution in [0.2, 0.25) is 0 Å². The summed E-state index contributed by atoms with van der Waals surface area (Å²) in [6.07, 6.45) is 5.80. The number of hydrogen-bond acceptors (Lipinski definition) is 7. The van der Waals surface area contributed by atoms with Gasteiger partial charge in [-0.1, -0.05) is 24.3 Å². The molecular weight excluding hydrogens is 544 g/mol. The maximum Gasteiger partial charge on any atom is 0.255 e. The maximum absolute atomic E-state index is 13.4. The summed E-state index contributed by atoms with van der Waals surface area (Å²) in [5.74, 6) is -0.235. The average Bonchev–Trinajstić information content (AvgIpc) is 3.70. The number of anilines is 1. The standard InChI is InChI=1S/C32H34N8O3/c1-38-19-26(18-36-38)25-16-28(29(33)35-17-25)30(41)37-27-9-12-40(20-27)32(43)24-4-2-3-23(15-24)21-5-7-22(8-6-21)31(42)39-13-10-34-11-14-39/h2-8,15-19,27,34H,9-14,20H2,1H3,(H2,33,35)(H,37,41)/t27-/m1/s1. The first-order chi connectivity index (χ1) is 20.9. The molecule has 4 heterocycles. The number of nitrogens with two attached hydrogens (primary N) is 1. The zero-order valence-electron chi connectivity index (χ0n) is 24.0. The van der Waals surface area contributed by atoms with E-state index < -0.39 is 0 Å². The van der Waals surface area contributed by atoms with Crippen molar-refractivity contribution in [1.29, 1.82) is 0 Å². The molecular formula is C32H34N8O3. The monoisotopic (exact) mass is 578 g/mol. The van der Waals surface area contributed by atoms with Crippen LogP contribution in [0, 0.1) is 0 Å². The second kappa shape index (κ2) is 12.1. The number of nitrogen functional groups attached to an aromatic ring is 1. The molecule has 6 rings (SSSR count). The van der Waals surface area contributed by atoms with Gasteiger partial charge in [-0.3, -0.25) is 19.1 Å². The fourth-order valence-corrected chi connectivity index (χ4v) is 5.58. The van der Waals surface area contributed by atoms with Crippen LogP contribution in [0.3, 0.4) is 0 Å². The quantitative estimate of drug-likeness (QED) is 0.319.